The lowest BCUT2D eigenvalue weighted by atomic mass is 9.82. The van der Waals surface area contributed by atoms with Gasteiger partial charge in [-0.25, -0.2) is 0 Å². The molecule has 270 valence electrons. The number of para-hydroxylation sites is 4. The molecule has 57 heavy (non-hydrogen) atoms. The Bertz CT molecular complexity index is 3150. The number of hydrogen-bond acceptors (Lipinski definition) is 1. The molecule has 0 saturated heterocycles. The van der Waals surface area contributed by atoms with Gasteiger partial charge in [-0.1, -0.05) is 184 Å². The van der Waals surface area contributed by atoms with Crippen molar-refractivity contribution in [2.75, 3.05) is 4.90 Å². The molecule has 0 radical (unpaired) electrons. The normalized spacial score (nSPS) is 12.9. The summed E-state index contributed by atoms with van der Waals surface area (Å²) in [7, 11) is 0. The molecule has 0 unspecified atom stereocenters. The highest BCUT2D eigenvalue weighted by atomic mass is 15.2. The molecule has 0 bridgehead atoms. The smallest absolute Gasteiger partial charge is 0.0782 e. The quantitative estimate of drug-likeness (QED) is 0.165. The number of aromatic nitrogens is 1. The Balaban J connectivity index is 1.28. The van der Waals surface area contributed by atoms with Gasteiger partial charge < -0.3 is 9.47 Å². The summed E-state index contributed by atoms with van der Waals surface area (Å²) in [5, 5.41) is 4.93. The van der Waals surface area contributed by atoms with Crippen molar-refractivity contribution in [3.05, 3.63) is 217 Å². The minimum Gasteiger partial charge on any atom is -0.307 e. The fourth-order valence-electron chi connectivity index (χ4n) is 9.66. The lowest BCUT2D eigenvalue weighted by Gasteiger charge is -2.31. The maximum Gasteiger partial charge on any atom is 0.0782 e. The Labute approximate surface area is 333 Å². The van der Waals surface area contributed by atoms with Gasteiger partial charge in [0, 0.05) is 33.0 Å². The zero-order valence-corrected chi connectivity index (χ0v) is 32.0. The van der Waals surface area contributed by atoms with Gasteiger partial charge >= 0.3 is 0 Å². The predicted molar refractivity (Wildman–Crippen MR) is 241 cm³/mol. The third-order valence-corrected chi connectivity index (χ3v) is 12.2. The van der Waals surface area contributed by atoms with Gasteiger partial charge in [0.25, 0.3) is 0 Å². The monoisotopic (exact) mass is 728 g/mol. The van der Waals surface area contributed by atoms with Crippen LogP contribution in [0.2, 0.25) is 0 Å². The van der Waals surface area contributed by atoms with E-state index in [1.807, 2.05) is 0 Å². The lowest BCUT2D eigenvalue weighted by molar-refractivity contribution is 0.660. The molecule has 0 fully saturated rings. The maximum absolute atomic E-state index is 2.57. The molecule has 0 saturated carbocycles. The van der Waals surface area contributed by atoms with Gasteiger partial charge in [-0.2, -0.15) is 0 Å². The van der Waals surface area contributed by atoms with Crippen molar-refractivity contribution in [3.63, 3.8) is 0 Å². The summed E-state index contributed by atoms with van der Waals surface area (Å²) in [5.74, 6) is 0. The SMILES string of the molecule is CC1(C)c2ccccc2-c2c(N(c3ccccc3-c3cccc4cccc(-c5ccccc5)c34)c3cccc4c5ccccc5n(-c5ccccc5)c34)cccc21. The molecular weight excluding hydrogens is 689 g/mol. The Morgan fingerprint density at radius 1 is 0.404 bits per heavy atom. The summed E-state index contributed by atoms with van der Waals surface area (Å²) in [6, 6.07) is 75.7. The summed E-state index contributed by atoms with van der Waals surface area (Å²) in [6.45, 7) is 4.74. The van der Waals surface area contributed by atoms with E-state index >= 15 is 0 Å². The maximum atomic E-state index is 2.57. The molecule has 2 nitrogen and oxygen atoms in total. The lowest BCUT2D eigenvalue weighted by Crippen LogP contribution is -2.16. The fraction of sp³-hybridized carbons (Fsp3) is 0.0545. The van der Waals surface area contributed by atoms with Crippen LogP contribution in [0.4, 0.5) is 17.1 Å². The van der Waals surface area contributed by atoms with Gasteiger partial charge in [-0.05, 0) is 80.6 Å². The third-order valence-electron chi connectivity index (χ3n) is 12.2. The number of rotatable bonds is 6. The van der Waals surface area contributed by atoms with Crippen LogP contribution in [-0.4, -0.2) is 4.57 Å². The highest BCUT2D eigenvalue weighted by Gasteiger charge is 2.38. The van der Waals surface area contributed by atoms with Gasteiger partial charge in [0.1, 0.15) is 0 Å². The first-order valence-electron chi connectivity index (χ1n) is 19.9. The van der Waals surface area contributed by atoms with E-state index in [-0.39, 0.29) is 5.41 Å². The highest BCUT2D eigenvalue weighted by Crippen LogP contribution is 2.56. The molecule has 1 aromatic heterocycles. The van der Waals surface area contributed by atoms with Crippen molar-refractivity contribution in [2.24, 2.45) is 0 Å². The van der Waals surface area contributed by atoms with E-state index in [1.165, 1.54) is 82.8 Å². The third kappa shape index (κ3) is 5.04. The van der Waals surface area contributed by atoms with Crippen molar-refractivity contribution in [3.8, 4) is 39.1 Å². The molecule has 9 aromatic carbocycles. The number of anilines is 3. The van der Waals surface area contributed by atoms with Crippen LogP contribution >= 0.6 is 0 Å². The average molecular weight is 729 g/mol. The van der Waals surface area contributed by atoms with E-state index in [2.05, 4.69) is 230 Å². The molecule has 2 heteroatoms. The Hall–Kier alpha value is -7.16. The van der Waals surface area contributed by atoms with E-state index in [4.69, 9.17) is 0 Å². The fourth-order valence-corrected chi connectivity index (χ4v) is 9.66. The molecule has 1 heterocycles. The first kappa shape index (κ1) is 33.2. The van der Waals surface area contributed by atoms with Crippen LogP contribution in [0.25, 0.3) is 71.6 Å². The Morgan fingerprint density at radius 2 is 0.965 bits per heavy atom. The van der Waals surface area contributed by atoms with Crippen LogP contribution < -0.4 is 4.90 Å². The van der Waals surface area contributed by atoms with Crippen LogP contribution in [0, 0.1) is 0 Å². The summed E-state index contributed by atoms with van der Waals surface area (Å²) >= 11 is 0. The molecule has 0 spiro atoms. The topological polar surface area (TPSA) is 8.17 Å². The van der Waals surface area contributed by atoms with Gasteiger partial charge in [0.15, 0.2) is 0 Å². The van der Waals surface area contributed by atoms with Gasteiger partial charge in [-0.15, -0.1) is 0 Å². The van der Waals surface area contributed by atoms with Crippen molar-refractivity contribution in [1.82, 2.24) is 4.57 Å². The largest absolute Gasteiger partial charge is 0.307 e. The van der Waals surface area contributed by atoms with Crippen LogP contribution in [0.1, 0.15) is 25.0 Å². The highest BCUT2D eigenvalue weighted by molar-refractivity contribution is 6.16. The zero-order chi connectivity index (χ0) is 38.1. The summed E-state index contributed by atoms with van der Waals surface area (Å²) in [4.78, 5) is 2.57. The van der Waals surface area contributed by atoms with Crippen molar-refractivity contribution in [1.29, 1.82) is 0 Å². The van der Waals surface area contributed by atoms with Gasteiger partial charge in [0.05, 0.1) is 28.1 Å². The molecule has 10 aromatic rings. The summed E-state index contributed by atoms with van der Waals surface area (Å²) in [5.41, 5.74) is 16.9. The number of benzene rings is 9. The van der Waals surface area contributed by atoms with E-state index in [0.717, 1.165) is 17.1 Å². The van der Waals surface area contributed by atoms with E-state index < -0.39 is 0 Å². The van der Waals surface area contributed by atoms with E-state index in [0.29, 0.717) is 0 Å². The molecule has 0 atom stereocenters. The standard InChI is InChI=1S/C55H40N2/c1-55(2)46-31-12-9-27-45(46)53-47(55)32-18-35-50(53)57(51-36-17-30-44-42-26-11-13-33-48(42)56(54(44)51)39-23-7-4-8-24-39)49-34-14-10-25-41(49)43-29-16-22-38-21-15-28-40(52(38)43)37-19-5-3-6-20-37/h3-36H,1-2H3. The number of fused-ring (bicyclic) bond motifs is 7. The van der Waals surface area contributed by atoms with Crippen LogP contribution in [0.15, 0.2) is 206 Å². The summed E-state index contributed by atoms with van der Waals surface area (Å²) < 4.78 is 2.46. The summed E-state index contributed by atoms with van der Waals surface area (Å²) in [6.07, 6.45) is 0. The Morgan fingerprint density at radius 3 is 1.79 bits per heavy atom. The molecule has 0 aliphatic heterocycles. The molecule has 1 aliphatic rings. The average Bonchev–Trinajstić information content (AvgIpc) is 3.73. The molecule has 0 N–H and O–H groups in total. The van der Waals surface area contributed by atoms with Crippen LogP contribution in [0.5, 0.6) is 0 Å². The second-order valence-electron chi connectivity index (χ2n) is 15.7. The first-order chi connectivity index (χ1) is 28.1. The first-order valence-corrected chi connectivity index (χ1v) is 19.9. The van der Waals surface area contributed by atoms with Crippen molar-refractivity contribution < 1.29 is 0 Å². The molecule has 11 rings (SSSR count). The van der Waals surface area contributed by atoms with Gasteiger partial charge in [-0.3, -0.25) is 0 Å². The van der Waals surface area contributed by atoms with Crippen LogP contribution in [-0.2, 0) is 5.41 Å². The van der Waals surface area contributed by atoms with Crippen molar-refractivity contribution >= 4 is 49.6 Å². The minimum atomic E-state index is -0.154. The zero-order valence-electron chi connectivity index (χ0n) is 32.0. The minimum absolute atomic E-state index is 0.154. The molecule has 0 amide bonds. The Kier molecular flexibility index (Phi) is 7.55. The number of hydrogen-bond donors (Lipinski definition) is 0. The second kappa shape index (κ2) is 13.0. The predicted octanol–water partition coefficient (Wildman–Crippen LogP) is 15.0. The van der Waals surface area contributed by atoms with Crippen LogP contribution in [0.3, 0.4) is 0 Å². The van der Waals surface area contributed by atoms with E-state index in [1.54, 1.807) is 0 Å². The molecule has 1 aliphatic carbocycles. The van der Waals surface area contributed by atoms with Gasteiger partial charge in [0.2, 0.25) is 0 Å². The van der Waals surface area contributed by atoms with E-state index in [9.17, 15) is 0 Å². The second-order valence-corrected chi connectivity index (χ2v) is 15.7. The number of nitrogens with zero attached hydrogens (tertiary/aromatic N) is 2. The van der Waals surface area contributed by atoms with Crippen molar-refractivity contribution in [2.45, 2.75) is 19.3 Å². The molecular formula is C55H40N2.